The topological polar surface area (TPSA) is 50.4 Å². The lowest BCUT2D eigenvalue weighted by Gasteiger charge is -1.96. The molecule has 0 saturated heterocycles. The summed E-state index contributed by atoms with van der Waals surface area (Å²) in [5, 5.41) is 9.40. The molecule has 1 aromatic rings. The summed E-state index contributed by atoms with van der Waals surface area (Å²) in [6.45, 7) is 0. The Balaban J connectivity index is 3.32. The maximum atomic E-state index is 10.9. The molecule has 1 aromatic heterocycles. The third-order valence-electron chi connectivity index (χ3n) is 1.06. The molecule has 0 bridgehead atoms. The van der Waals surface area contributed by atoms with Gasteiger partial charge in [0.05, 0.1) is 5.33 Å². The third-order valence-corrected chi connectivity index (χ3v) is 2.15. The quantitative estimate of drug-likeness (QED) is 0.802. The van der Waals surface area contributed by atoms with Crippen molar-refractivity contribution < 1.29 is 9.52 Å². The van der Waals surface area contributed by atoms with E-state index in [0.717, 1.165) is 0 Å². The van der Waals surface area contributed by atoms with Gasteiger partial charge in [0, 0.05) is 6.07 Å². The van der Waals surface area contributed by atoms with Crippen molar-refractivity contribution in [3.63, 3.8) is 0 Å². The summed E-state index contributed by atoms with van der Waals surface area (Å²) in [6.07, 6.45) is 0. The van der Waals surface area contributed by atoms with Gasteiger partial charge in [0.15, 0.2) is 0 Å². The number of halogens is 2. The third kappa shape index (κ3) is 1.84. The van der Waals surface area contributed by atoms with Gasteiger partial charge in [0.25, 0.3) is 0 Å². The van der Waals surface area contributed by atoms with E-state index in [1.807, 2.05) is 0 Å². The predicted octanol–water partition coefficient (Wildman–Crippen LogP) is 2.00. The Morgan fingerprint density at radius 1 is 1.64 bits per heavy atom. The van der Waals surface area contributed by atoms with Crippen LogP contribution in [0.5, 0.6) is 5.75 Å². The molecular formula is C6H4Br2O3. The van der Waals surface area contributed by atoms with E-state index in [1.54, 1.807) is 0 Å². The molecule has 0 atom stereocenters. The molecule has 0 saturated carbocycles. The molecule has 0 fully saturated rings. The van der Waals surface area contributed by atoms with Crippen LogP contribution >= 0.6 is 31.9 Å². The minimum absolute atomic E-state index is 0.0689. The highest BCUT2D eigenvalue weighted by molar-refractivity contribution is 9.10. The number of rotatable bonds is 1. The SMILES string of the molecule is O=c1cc(CBr)oc(Br)c1O. The first-order valence-corrected chi connectivity index (χ1v) is 4.64. The zero-order valence-corrected chi connectivity index (χ0v) is 8.48. The van der Waals surface area contributed by atoms with E-state index in [4.69, 9.17) is 9.52 Å². The fraction of sp³-hybridized carbons (Fsp3) is 0.167. The maximum absolute atomic E-state index is 10.9. The van der Waals surface area contributed by atoms with Crippen LogP contribution in [0.1, 0.15) is 5.76 Å². The molecule has 1 heterocycles. The number of hydrogen-bond donors (Lipinski definition) is 1. The molecule has 5 heteroatoms. The van der Waals surface area contributed by atoms with Crippen LogP contribution in [0.4, 0.5) is 0 Å². The molecule has 1 rings (SSSR count). The van der Waals surface area contributed by atoms with E-state index >= 15 is 0 Å². The first kappa shape index (κ1) is 8.80. The average Bonchev–Trinajstić information content (AvgIpc) is 1.99. The van der Waals surface area contributed by atoms with Crippen LogP contribution in [0.3, 0.4) is 0 Å². The van der Waals surface area contributed by atoms with Crippen molar-refractivity contribution in [1.82, 2.24) is 0 Å². The summed E-state index contributed by atoms with van der Waals surface area (Å²) in [7, 11) is 0. The lowest BCUT2D eigenvalue weighted by molar-refractivity contribution is 0.402. The highest BCUT2D eigenvalue weighted by Crippen LogP contribution is 2.20. The Morgan fingerprint density at radius 3 is 2.73 bits per heavy atom. The van der Waals surface area contributed by atoms with Crippen molar-refractivity contribution in [3.05, 3.63) is 26.7 Å². The molecule has 0 aliphatic carbocycles. The standard InChI is InChI=1S/C6H4Br2O3/c7-2-3-1-4(9)5(10)6(8)11-3/h1,10H,2H2. The number of hydrogen-bond acceptors (Lipinski definition) is 3. The second kappa shape index (κ2) is 3.40. The van der Waals surface area contributed by atoms with E-state index in [9.17, 15) is 4.79 Å². The lowest BCUT2D eigenvalue weighted by atomic mass is 10.4. The monoisotopic (exact) mass is 282 g/mol. The minimum atomic E-state index is -0.447. The molecule has 0 spiro atoms. The molecular weight excluding hydrogens is 280 g/mol. The Labute approximate surface area is 79.3 Å². The van der Waals surface area contributed by atoms with Gasteiger partial charge in [-0.25, -0.2) is 0 Å². The summed E-state index contributed by atoms with van der Waals surface area (Å²) < 4.78 is 5.03. The molecule has 0 aliphatic rings. The fourth-order valence-electron chi connectivity index (χ4n) is 0.570. The van der Waals surface area contributed by atoms with Crippen LogP contribution in [-0.4, -0.2) is 5.11 Å². The normalized spacial score (nSPS) is 10.0. The Kier molecular flexibility index (Phi) is 2.72. The fourth-order valence-corrected chi connectivity index (χ4v) is 1.25. The average molecular weight is 284 g/mol. The first-order valence-electron chi connectivity index (χ1n) is 2.72. The van der Waals surface area contributed by atoms with Gasteiger partial charge in [0.2, 0.25) is 15.8 Å². The highest BCUT2D eigenvalue weighted by atomic mass is 79.9. The predicted molar refractivity (Wildman–Crippen MR) is 47.0 cm³/mol. The lowest BCUT2D eigenvalue weighted by Crippen LogP contribution is -1.99. The molecule has 3 nitrogen and oxygen atoms in total. The van der Waals surface area contributed by atoms with E-state index in [1.165, 1.54) is 6.07 Å². The molecule has 0 amide bonds. The minimum Gasteiger partial charge on any atom is -0.501 e. The van der Waals surface area contributed by atoms with Crippen molar-refractivity contribution in [1.29, 1.82) is 0 Å². The summed E-state index contributed by atoms with van der Waals surface area (Å²) in [4.78, 5) is 10.9. The Bertz CT molecular complexity index is 318. The van der Waals surface area contributed by atoms with Gasteiger partial charge in [-0.2, -0.15) is 0 Å². The van der Waals surface area contributed by atoms with Gasteiger partial charge in [-0.05, 0) is 15.9 Å². The van der Waals surface area contributed by atoms with Crippen LogP contribution in [0, 0.1) is 0 Å². The second-order valence-electron chi connectivity index (χ2n) is 1.83. The number of aromatic hydroxyl groups is 1. The first-order chi connectivity index (χ1) is 5.15. The summed E-state index contributed by atoms with van der Waals surface area (Å²) >= 11 is 6.02. The molecule has 0 aromatic carbocycles. The molecule has 0 radical (unpaired) electrons. The van der Waals surface area contributed by atoms with E-state index < -0.39 is 11.2 Å². The molecule has 0 aliphatic heterocycles. The Hall–Kier alpha value is -0.290. The van der Waals surface area contributed by atoms with Gasteiger partial charge in [-0.3, -0.25) is 4.79 Å². The van der Waals surface area contributed by atoms with Crippen LogP contribution in [-0.2, 0) is 5.33 Å². The van der Waals surface area contributed by atoms with Gasteiger partial charge >= 0.3 is 0 Å². The van der Waals surface area contributed by atoms with Crippen molar-refractivity contribution in [3.8, 4) is 5.75 Å². The van der Waals surface area contributed by atoms with Crippen LogP contribution < -0.4 is 5.43 Å². The van der Waals surface area contributed by atoms with Gasteiger partial charge in [0.1, 0.15) is 5.76 Å². The zero-order chi connectivity index (χ0) is 8.43. The smallest absolute Gasteiger partial charge is 0.228 e. The van der Waals surface area contributed by atoms with Crippen LogP contribution in [0.25, 0.3) is 0 Å². The van der Waals surface area contributed by atoms with Crippen LogP contribution in [0.2, 0.25) is 0 Å². The van der Waals surface area contributed by atoms with Gasteiger partial charge in [-0.15, -0.1) is 0 Å². The summed E-state index contributed by atoms with van der Waals surface area (Å²) in [5.41, 5.74) is -0.447. The molecule has 60 valence electrons. The van der Waals surface area contributed by atoms with Crippen molar-refractivity contribution >= 4 is 31.9 Å². The van der Waals surface area contributed by atoms with Gasteiger partial charge < -0.3 is 9.52 Å². The number of alkyl halides is 1. The van der Waals surface area contributed by atoms with Crippen molar-refractivity contribution in [2.24, 2.45) is 0 Å². The van der Waals surface area contributed by atoms with E-state index in [2.05, 4.69) is 31.9 Å². The van der Waals surface area contributed by atoms with Crippen molar-refractivity contribution in [2.75, 3.05) is 0 Å². The van der Waals surface area contributed by atoms with E-state index in [0.29, 0.717) is 11.1 Å². The zero-order valence-electron chi connectivity index (χ0n) is 5.30. The molecule has 1 N–H and O–H groups in total. The van der Waals surface area contributed by atoms with Gasteiger partial charge in [-0.1, -0.05) is 15.9 Å². The highest BCUT2D eigenvalue weighted by Gasteiger charge is 2.06. The van der Waals surface area contributed by atoms with E-state index in [-0.39, 0.29) is 4.67 Å². The maximum Gasteiger partial charge on any atom is 0.228 e. The second-order valence-corrected chi connectivity index (χ2v) is 3.11. The van der Waals surface area contributed by atoms with Crippen molar-refractivity contribution in [2.45, 2.75) is 5.33 Å². The largest absolute Gasteiger partial charge is 0.501 e. The van der Waals surface area contributed by atoms with Crippen LogP contribution in [0.15, 0.2) is 19.9 Å². The Morgan fingerprint density at radius 2 is 2.27 bits per heavy atom. The molecule has 0 unspecified atom stereocenters. The summed E-state index contributed by atoms with van der Waals surface area (Å²) in [6, 6.07) is 1.23. The molecule has 11 heavy (non-hydrogen) atoms. The summed E-state index contributed by atoms with van der Waals surface area (Å²) in [5.74, 6) is 0.0781.